The molecule has 3 aromatic rings. The van der Waals surface area contributed by atoms with Crippen molar-refractivity contribution in [1.82, 2.24) is 5.32 Å². The maximum Gasteiger partial charge on any atom is 0.161 e. The zero-order valence-electron chi connectivity index (χ0n) is 18.7. The first-order chi connectivity index (χ1) is 16.3. The average molecular weight is 452 g/mol. The largest absolute Gasteiger partial charge is 0.492 e. The Morgan fingerprint density at radius 2 is 1.79 bits per heavy atom. The lowest BCUT2D eigenvalue weighted by Crippen LogP contribution is -2.41. The molecule has 0 spiro atoms. The number of hydrogen-bond donors (Lipinski definition) is 1. The second-order valence-corrected chi connectivity index (χ2v) is 8.58. The van der Waals surface area contributed by atoms with Crippen LogP contribution in [0.25, 0.3) is 10.8 Å². The summed E-state index contributed by atoms with van der Waals surface area (Å²) in [6, 6.07) is 19.2. The summed E-state index contributed by atoms with van der Waals surface area (Å²) in [4.78, 5) is 0. The summed E-state index contributed by atoms with van der Waals surface area (Å²) in [5.41, 5.74) is 2.14. The van der Waals surface area contributed by atoms with Gasteiger partial charge in [0.15, 0.2) is 6.29 Å². The lowest BCUT2D eigenvalue weighted by atomic mass is 9.87. The van der Waals surface area contributed by atoms with Crippen LogP contribution in [0.2, 0.25) is 0 Å². The van der Waals surface area contributed by atoms with Gasteiger partial charge in [-0.3, -0.25) is 0 Å². The van der Waals surface area contributed by atoms with E-state index in [0.717, 1.165) is 47.2 Å². The van der Waals surface area contributed by atoms with Crippen LogP contribution in [0.1, 0.15) is 29.9 Å². The highest BCUT2D eigenvalue weighted by atomic mass is 19.1. The van der Waals surface area contributed by atoms with Crippen LogP contribution in [0.4, 0.5) is 4.39 Å². The fourth-order valence-corrected chi connectivity index (χ4v) is 4.70. The molecule has 2 saturated heterocycles. The Hall–Kier alpha value is -2.51. The molecule has 0 bridgehead atoms. The number of hydrogen-bond acceptors (Lipinski definition) is 5. The molecule has 0 aliphatic carbocycles. The highest BCUT2D eigenvalue weighted by Gasteiger charge is 2.27. The van der Waals surface area contributed by atoms with Gasteiger partial charge in [-0.15, -0.1) is 0 Å². The van der Waals surface area contributed by atoms with E-state index in [9.17, 15) is 4.39 Å². The van der Waals surface area contributed by atoms with Crippen molar-refractivity contribution in [3.63, 3.8) is 0 Å². The Labute approximate surface area is 193 Å². The first-order valence-corrected chi connectivity index (χ1v) is 11.7. The van der Waals surface area contributed by atoms with Crippen molar-refractivity contribution in [2.45, 2.75) is 37.8 Å². The average Bonchev–Trinajstić information content (AvgIpc) is 3.38. The molecular weight excluding hydrogens is 421 g/mol. The van der Waals surface area contributed by atoms with E-state index < -0.39 is 0 Å². The molecule has 174 valence electrons. The van der Waals surface area contributed by atoms with Crippen molar-refractivity contribution >= 4 is 10.8 Å². The Kier molecular flexibility index (Phi) is 7.17. The SMILES string of the molecule is Fc1ccc(C2CCNCC2OCc2ccc3ccccc3c2OCCC2OCCO2)cc1. The van der Waals surface area contributed by atoms with E-state index in [4.69, 9.17) is 18.9 Å². The van der Waals surface area contributed by atoms with Gasteiger partial charge >= 0.3 is 0 Å². The van der Waals surface area contributed by atoms with Crippen LogP contribution >= 0.6 is 0 Å². The van der Waals surface area contributed by atoms with E-state index in [1.807, 2.05) is 24.3 Å². The van der Waals surface area contributed by atoms with E-state index in [1.165, 1.54) is 12.1 Å². The molecular formula is C27H30FNO4. The summed E-state index contributed by atoms with van der Waals surface area (Å²) in [6.07, 6.45) is 1.45. The minimum atomic E-state index is -0.212. The Morgan fingerprint density at radius 3 is 2.64 bits per heavy atom. The molecule has 2 unspecified atom stereocenters. The molecule has 3 aromatic carbocycles. The van der Waals surface area contributed by atoms with Crippen molar-refractivity contribution in [1.29, 1.82) is 0 Å². The van der Waals surface area contributed by atoms with Gasteiger partial charge in [0, 0.05) is 29.8 Å². The standard InChI is InChI=1S/C27H30FNO4/c28-22-9-7-20(8-10-22)23-11-13-29-17-25(23)33-18-21-6-5-19-3-1-2-4-24(19)27(21)32-14-12-26-30-15-16-31-26/h1-10,23,25-26,29H,11-18H2. The summed E-state index contributed by atoms with van der Waals surface area (Å²) in [7, 11) is 0. The molecule has 2 aliphatic heterocycles. The summed E-state index contributed by atoms with van der Waals surface area (Å²) in [5.74, 6) is 0.873. The van der Waals surface area contributed by atoms with Crippen LogP contribution in [0.3, 0.4) is 0 Å². The number of nitrogens with one attached hydrogen (secondary N) is 1. The maximum atomic E-state index is 13.4. The molecule has 0 aromatic heterocycles. The number of benzene rings is 3. The van der Waals surface area contributed by atoms with Crippen molar-refractivity contribution in [2.75, 3.05) is 32.9 Å². The first-order valence-electron chi connectivity index (χ1n) is 11.7. The molecule has 1 N–H and O–H groups in total. The first kappa shape index (κ1) is 22.3. The van der Waals surface area contributed by atoms with Gasteiger partial charge in [0.1, 0.15) is 11.6 Å². The molecule has 0 amide bonds. The quantitative estimate of drug-likeness (QED) is 0.534. The van der Waals surface area contributed by atoms with Crippen LogP contribution in [0.15, 0.2) is 60.7 Å². The van der Waals surface area contributed by atoms with Crippen LogP contribution in [0.5, 0.6) is 5.75 Å². The lowest BCUT2D eigenvalue weighted by molar-refractivity contribution is -0.0532. The van der Waals surface area contributed by atoms with Gasteiger partial charge in [-0.25, -0.2) is 4.39 Å². The van der Waals surface area contributed by atoms with Gasteiger partial charge in [-0.05, 0) is 36.0 Å². The Balaban J connectivity index is 1.32. The summed E-state index contributed by atoms with van der Waals surface area (Å²) in [5, 5.41) is 5.64. The van der Waals surface area contributed by atoms with Crippen LogP contribution in [-0.2, 0) is 20.8 Å². The second-order valence-electron chi connectivity index (χ2n) is 8.58. The van der Waals surface area contributed by atoms with E-state index in [2.05, 4.69) is 29.6 Å². The third-order valence-electron chi connectivity index (χ3n) is 6.43. The van der Waals surface area contributed by atoms with Crippen molar-refractivity contribution < 1.29 is 23.3 Å². The predicted molar refractivity (Wildman–Crippen MR) is 125 cm³/mol. The van der Waals surface area contributed by atoms with Crippen molar-refractivity contribution in [3.05, 3.63) is 77.6 Å². The minimum Gasteiger partial charge on any atom is -0.492 e. The van der Waals surface area contributed by atoms with Gasteiger partial charge in [0.2, 0.25) is 0 Å². The number of rotatable bonds is 8. The minimum absolute atomic E-state index is 0.00354. The molecule has 0 saturated carbocycles. The van der Waals surface area contributed by atoms with Crippen LogP contribution in [-0.4, -0.2) is 45.3 Å². The predicted octanol–water partition coefficient (Wildman–Crippen LogP) is 4.78. The number of ether oxygens (including phenoxy) is 4. The van der Waals surface area contributed by atoms with Gasteiger partial charge in [0.25, 0.3) is 0 Å². The molecule has 2 aliphatic rings. The third-order valence-corrected chi connectivity index (χ3v) is 6.43. The smallest absolute Gasteiger partial charge is 0.161 e. The monoisotopic (exact) mass is 451 g/mol. The molecule has 2 fully saturated rings. The molecule has 0 radical (unpaired) electrons. The highest BCUT2D eigenvalue weighted by Crippen LogP contribution is 2.33. The Bertz CT molecular complexity index is 1050. The fraction of sp³-hybridized carbons (Fsp3) is 0.407. The fourth-order valence-electron chi connectivity index (χ4n) is 4.70. The highest BCUT2D eigenvalue weighted by molar-refractivity contribution is 5.89. The lowest BCUT2D eigenvalue weighted by Gasteiger charge is -2.32. The van der Waals surface area contributed by atoms with E-state index in [-0.39, 0.29) is 24.1 Å². The molecule has 6 heteroatoms. The Morgan fingerprint density at radius 1 is 0.970 bits per heavy atom. The second kappa shape index (κ2) is 10.6. The third kappa shape index (κ3) is 5.36. The van der Waals surface area contributed by atoms with E-state index >= 15 is 0 Å². The molecule has 2 heterocycles. The maximum absolute atomic E-state index is 13.4. The summed E-state index contributed by atoms with van der Waals surface area (Å²) >= 11 is 0. The summed E-state index contributed by atoms with van der Waals surface area (Å²) < 4.78 is 37.2. The number of halogens is 1. The number of fused-ring (bicyclic) bond motifs is 1. The van der Waals surface area contributed by atoms with E-state index in [0.29, 0.717) is 32.8 Å². The molecule has 2 atom stereocenters. The topological polar surface area (TPSA) is 49.0 Å². The van der Waals surface area contributed by atoms with E-state index in [1.54, 1.807) is 0 Å². The van der Waals surface area contributed by atoms with Crippen molar-refractivity contribution in [3.8, 4) is 5.75 Å². The van der Waals surface area contributed by atoms with Gasteiger partial charge in [-0.2, -0.15) is 0 Å². The molecule has 33 heavy (non-hydrogen) atoms. The van der Waals surface area contributed by atoms with Gasteiger partial charge in [0.05, 0.1) is 32.5 Å². The van der Waals surface area contributed by atoms with Crippen LogP contribution < -0.4 is 10.1 Å². The molecule has 5 nitrogen and oxygen atoms in total. The zero-order chi connectivity index (χ0) is 22.5. The normalized spacial score (nSPS) is 21.5. The zero-order valence-corrected chi connectivity index (χ0v) is 18.7. The number of piperidine rings is 1. The van der Waals surface area contributed by atoms with Gasteiger partial charge in [-0.1, -0.05) is 48.5 Å². The molecule has 5 rings (SSSR count). The van der Waals surface area contributed by atoms with Crippen molar-refractivity contribution in [2.24, 2.45) is 0 Å². The van der Waals surface area contributed by atoms with Gasteiger partial charge < -0.3 is 24.3 Å². The summed E-state index contributed by atoms with van der Waals surface area (Å²) in [6.45, 7) is 3.93. The van der Waals surface area contributed by atoms with Crippen LogP contribution in [0, 0.1) is 5.82 Å².